The molecule has 146 valence electrons. The predicted octanol–water partition coefficient (Wildman–Crippen LogP) is -2.32. The van der Waals surface area contributed by atoms with Crippen LogP contribution in [0.25, 0.3) is 0 Å². The molecule has 0 amide bonds. The number of hydrogen-bond donors (Lipinski definition) is 6. The van der Waals surface area contributed by atoms with Gasteiger partial charge in [-0.05, 0) is 12.0 Å². The number of aliphatic hydroxyl groups is 5. The minimum atomic E-state index is -1.61. The third-order valence-electron chi connectivity index (χ3n) is 5.06. The predicted molar refractivity (Wildman–Crippen MR) is 82.2 cm³/mol. The van der Waals surface area contributed by atoms with E-state index in [1.54, 1.807) is 6.08 Å². The van der Waals surface area contributed by atoms with Crippen molar-refractivity contribution in [3.8, 4) is 0 Å². The highest BCUT2D eigenvalue weighted by atomic mass is 16.8. The fraction of sp³-hybridized carbons (Fsp3) is 0.688. The summed E-state index contributed by atoms with van der Waals surface area (Å²) in [5, 5.41) is 57.8. The van der Waals surface area contributed by atoms with Crippen LogP contribution in [0.3, 0.4) is 0 Å². The number of aliphatic carboxylic acids is 1. The molecular weight excluding hydrogens is 352 g/mol. The zero-order valence-electron chi connectivity index (χ0n) is 13.7. The van der Waals surface area contributed by atoms with Crippen LogP contribution >= 0.6 is 0 Å². The summed E-state index contributed by atoms with van der Waals surface area (Å²) in [4.78, 5) is 11.4. The molecule has 2 aliphatic heterocycles. The van der Waals surface area contributed by atoms with Crippen molar-refractivity contribution in [2.45, 2.75) is 43.4 Å². The van der Waals surface area contributed by atoms with Gasteiger partial charge in [-0.1, -0.05) is 6.08 Å². The van der Waals surface area contributed by atoms with E-state index < -0.39 is 61.4 Å². The number of fused-ring (bicyclic) bond motifs is 1. The third-order valence-corrected chi connectivity index (χ3v) is 5.06. The summed E-state index contributed by atoms with van der Waals surface area (Å²) in [5.74, 6) is -2.22. The quantitative estimate of drug-likeness (QED) is 0.288. The Balaban J connectivity index is 1.80. The molecule has 0 radical (unpaired) electrons. The molecule has 0 aromatic rings. The van der Waals surface area contributed by atoms with Gasteiger partial charge in [0.2, 0.25) is 6.29 Å². The number of hydrogen-bond acceptors (Lipinski definition) is 9. The summed E-state index contributed by atoms with van der Waals surface area (Å²) < 4.78 is 16.3. The molecule has 1 saturated heterocycles. The number of allylic oxidation sites excluding steroid dienone is 1. The zero-order valence-corrected chi connectivity index (χ0v) is 13.7. The second kappa shape index (κ2) is 7.61. The molecule has 26 heavy (non-hydrogen) atoms. The molecule has 10 nitrogen and oxygen atoms in total. The maximum Gasteiger partial charge on any atom is 0.335 e. The van der Waals surface area contributed by atoms with E-state index in [0.29, 0.717) is 12.0 Å². The summed E-state index contributed by atoms with van der Waals surface area (Å²) in [6, 6.07) is 0. The third kappa shape index (κ3) is 3.25. The Bertz CT molecular complexity index is 600. The average Bonchev–Trinajstić information content (AvgIpc) is 3.06. The lowest BCUT2D eigenvalue weighted by Crippen LogP contribution is -2.60. The Morgan fingerprint density at radius 1 is 1.15 bits per heavy atom. The monoisotopic (exact) mass is 374 g/mol. The number of carbonyl (C=O) groups is 1. The van der Waals surface area contributed by atoms with Crippen molar-refractivity contribution in [3.05, 3.63) is 23.5 Å². The first kappa shape index (κ1) is 19.2. The van der Waals surface area contributed by atoms with Gasteiger partial charge < -0.3 is 44.8 Å². The van der Waals surface area contributed by atoms with Gasteiger partial charge in [0.1, 0.15) is 24.4 Å². The molecule has 8 unspecified atom stereocenters. The summed E-state index contributed by atoms with van der Waals surface area (Å²) >= 11 is 0. The lowest BCUT2D eigenvalue weighted by molar-refractivity contribution is -0.339. The molecule has 0 aromatic carbocycles. The molecule has 3 rings (SSSR count). The van der Waals surface area contributed by atoms with Crippen LogP contribution in [0.1, 0.15) is 6.42 Å². The highest BCUT2D eigenvalue weighted by Crippen LogP contribution is 2.44. The first-order valence-corrected chi connectivity index (χ1v) is 8.23. The standard InChI is InChI=1S/C16H22O10/c17-3-6-1-2-7-8(14(22)23)5-24-15(10(6)7)26-16-13(21)12(20)11(19)9(4-18)25-16/h1,5,7,9-13,15-21H,2-4H2,(H,22,23). The van der Waals surface area contributed by atoms with Crippen LogP contribution in [-0.2, 0) is 19.0 Å². The lowest BCUT2D eigenvalue weighted by atomic mass is 9.83. The first-order chi connectivity index (χ1) is 12.4. The van der Waals surface area contributed by atoms with E-state index in [1.807, 2.05) is 0 Å². The van der Waals surface area contributed by atoms with E-state index in [0.717, 1.165) is 6.26 Å². The average molecular weight is 374 g/mol. The van der Waals surface area contributed by atoms with Crippen LogP contribution in [0.15, 0.2) is 23.5 Å². The SMILES string of the molecule is O=C(O)C1=COC(OC2OC(CO)C(O)C(O)C2O)C2C(CO)=CCC12. The van der Waals surface area contributed by atoms with E-state index in [4.69, 9.17) is 14.2 Å². The number of aliphatic hydroxyl groups excluding tert-OH is 5. The summed E-state index contributed by atoms with van der Waals surface area (Å²) in [7, 11) is 0. The van der Waals surface area contributed by atoms with Crippen LogP contribution < -0.4 is 0 Å². The van der Waals surface area contributed by atoms with Crippen LogP contribution in [0.5, 0.6) is 0 Å². The van der Waals surface area contributed by atoms with Crippen LogP contribution in [0.4, 0.5) is 0 Å². The van der Waals surface area contributed by atoms with Gasteiger partial charge in [-0.25, -0.2) is 4.79 Å². The summed E-state index contributed by atoms with van der Waals surface area (Å²) in [6.07, 6.45) is -5.21. The van der Waals surface area contributed by atoms with E-state index >= 15 is 0 Å². The normalized spacial score (nSPS) is 42.5. The Morgan fingerprint density at radius 2 is 1.88 bits per heavy atom. The Morgan fingerprint density at radius 3 is 2.50 bits per heavy atom. The van der Waals surface area contributed by atoms with E-state index in [2.05, 4.69) is 0 Å². The minimum absolute atomic E-state index is 0.0448. The Hall–Kier alpha value is -1.53. The molecule has 6 N–H and O–H groups in total. The number of ether oxygens (including phenoxy) is 3. The Kier molecular flexibility index (Phi) is 5.63. The topological polar surface area (TPSA) is 166 Å². The number of rotatable bonds is 5. The molecule has 3 aliphatic rings. The van der Waals surface area contributed by atoms with Gasteiger partial charge in [0.25, 0.3) is 0 Å². The number of carboxylic acids is 1. The first-order valence-electron chi connectivity index (χ1n) is 8.23. The van der Waals surface area contributed by atoms with Crippen LogP contribution in [-0.4, -0.2) is 86.8 Å². The molecule has 1 fully saturated rings. The fourth-order valence-corrected chi connectivity index (χ4v) is 3.62. The van der Waals surface area contributed by atoms with Crippen molar-refractivity contribution in [2.75, 3.05) is 13.2 Å². The van der Waals surface area contributed by atoms with Gasteiger partial charge in [0, 0.05) is 5.92 Å². The van der Waals surface area contributed by atoms with Crippen molar-refractivity contribution in [1.82, 2.24) is 0 Å². The second-order valence-corrected chi connectivity index (χ2v) is 6.52. The summed E-state index contributed by atoms with van der Waals surface area (Å²) in [5.41, 5.74) is 0.583. The lowest BCUT2D eigenvalue weighted by Gasteiger charge is -2.42. The minimum Gasteiger partial charge on any atom is -0.478 e. The van der Waals surface area contributed by atoms with Crippen LogP contribution in [0, 0.1) is 11.8 Å². The Labute approximate surface area is 148 Å². The number of carboxylic acid groups (broad SMARTS) is 1. The van der Waals surface area contributed by atoms with Crippen LogP contribution in [0.2, 0.25) is 0 Å². The molecule has 8 atom stereocenters. The van der Waals surface area contributed by atoms with Crippen molar-refractivity contribution >= 4 is 5.97 Å². The molecular formula is C16H22O10. The van der Waals surface area contributed by atoms with E-state index in [-0.39, 0.29) is 12.2 Å². The molecule has 10 heteroatoms. The zero-order chi connectivity index (χ0) is 19.0. The van der Waals surface area contributed by atoms with E-state index in [9.17, 15) is 35.4 Å². The maximum atomic E-state index is 11.4. The van der Waals surface area contributed by atoms with Gasteiger partial charge >= 0.3 is 5.97 Å². The van der Waals surface area contributed by atoms with Gasteiger partial charge in [0.15, 0.2) is 6.29 Å². The molecule has 2 heterocycles. The van der Waals surface area contributed by atoms with Crippen molar-refractivity contribution in [1.29, 1.82) is 0 Å². The van der Waals surface area contributed by atoms with E-state index in [1.165, 1.54) is 0 Å². The van der Waals surface area contributed by atoms with Gasteiger partial charge in [-0.3, -0.25) is 0 Å². The van der Waals surface area contributed by atoms with Crippen molar-refractivity contribution in [3.63, 3.8) is 0 Å². The van der Waals surface area contributed by atoms with Gasteiger partial charge in [-0.2, -0.15) is 0 Å². The molecule has 0 bridgehead atoms. The van der Waals surface area contributed by atoms with Gasteiger partial charge in [-0.15, -0.1) is 0 Å². The molecule has 0 saturated carbocycles. The largest absolute Gasteiger partial charge is 0.478 e. The smallest absolute Gasteiger partial charge is 0.335 e. The second-order valence-electron chi connectivity index (χ2n) is 6.52. The van der Waals surface area contributed by atoms with Gasteiger partial charge in [0.05, 0.1) is 31.0 Å². The highest BCUT2D eigenvalue weighted by molar-refractivity contribution is 5.87. The maximum absolute atomic E-state index is 11.4. The van der Waals surface area contributed by atoms with Crippen molar-refractivity contribution < 1.29 is 49.6 Å². The molecule has 0 aromatic heterocycles. The fourth-order valence-electron chi connectivity index (χ4n) is 3.62. The molecule has 0 spiro atoms. The highest BCUT2D eigenvalue weighted by Gasteiger charge is 2.49. The molecule has 1 aliphatic carbocycles. The summed E-state index contributed by atoms with van der Waals surface area (Å²) in [6.45, 7) is -0.917. The van der Waals surface area contributed by atoms with Crippen molar-refractivity contribution in [2.24, 2.45) is 11.8 Å².